The first-order chi connectivity index (χ1) is 9.81. The van der Waals surface area contributed by atoms with E-state index in [9.17, 15) is 0 Å². The zero-order valence-electron chi connectivity index (χ0n) is 11.9. The van der Waals surface area contributed by atoms with Crippen LogP contribution in [0.15, 0.2) is 47.5 Å². The van der Waals surface area contributed by atoms with Gasteiger partial charge in [-0.25, -0.2) is 0 Å². The monoisotopic (exact) mass is 288 g/mol. The van der Waals surface area contributed by atoms with Crippen molar-refractivity contribution in [3.63, 3.8) is 0 Å². The average molecular weight is 288 g/mol. The molecule has 1 aromatic carbocycles. The van der Waals surface area contributed by atoms with Crippen molar-refractivity contribution in [2.24, 2.45) is 0 Å². The second-order valence-corrected chi connectivity index (χ2v) is 5.28. The molecular formula is C16H20N2OS. The molecule has 1 aromatic heterocycles. The van der Waals surface area contributed by atoms with Gasteiger partial charge in [0.25, 0.3) is 0 Å². The fourth-order valence-corrected chi connectivity index (χ4v) is 2.15. The molecule has 0 aliphatic carbocycles. The Kier molecular flexibility index (Phi) is 5.89. The van der Waals surface area contributed by atoms with Gasteiger partial charge in [-0.2, -0.15) is 0 Å². The summed E-state index contributed by atoms with van der Waals surface area (Å²) in [7, 11) is 0. The molecule has 0 saturated heterocycles. The molecule has 0 aliphatic heterocycles. The lowest BCUT2D eigenvalue weighted by molar-refractivity contribution is 0.301. The highest BCUT2D eigenvalue weighted by molar-refractivity contribution is 7.98. The molecule has 1 heterocycles. The predicted octanol–water partition coefficient (Wildman–Crippen LogP) is 3.49. The van der Waals surface area contributed by atoms with E-state index in [1.54, 1.807) is 11.8 Å². The lowest BCUT2D eigenvalue weighted by atomic mass is 10.2. The van der Waals surface area contributed by atoms with Crippen molar-refractivity contribution in [1.82, 2.24) is 10.3 Å². The van der Waals surface area contributed by atoms with E-state index < -0.39 is 0 Å². The number of ether oxygens (including phenoxy) is 1. The minimum absolute atomic E-state index is 0.500. The van der Waals surface area contributed by atoms with Gasteiger partial charge in [0.1, 0.15) is 12.4 Å². The van der Waals surface area contributed by atoms with Gasteiger partial charge in [0.2, 0.25) is 0 Å². The van der Waals surface area contributed by atoms with Gasteiger partial charge in [0, 0.05) is 17.6 Å². The molecule has 0 atom stereocenters. The summed E-state index contributed by atoms with van der Waals surface area (Å²) in [6.45, 7) is 4.43. The van der Waals surface area contributed by atoms with Gasteiger partial charge >= 0.3 is 0 Å². The first-order valence-electron chi connectivity index (χ1n) is 6.73. The average Bonchev–Trinajstić information content (AvgIpc) is 2.52. The van der Waals surface area contributed by atoms with Crippen LogP contribution in [-0.4, -0.2) is 17.8 Å². The van der Waals surface area contributed by atoms with Crippen LogP contribution in [0.2, 0.25) is 0 Å². The van der Waals surface area contributed by atoms with Crippen LogP contribution in [0.25, 0.3) is 0 Å². The van der Waals surface area contributed by atoms with Gasteiger partial charge in [-0.3, -0.25) is 4.98 Å². The second kappa shape index (κ2) is 7.92. The van der Waals surface area contributed by atoms with Crippen LogP contribution >= 0.6 is 11.8 Å². The van der Waals surface area contributed by atoms with Crippen LogP contribution in [0.4, 0.5) is 0 Å². The van der Waals surface area contributed by atoms with E-state index >= 15 is 0 Å². The van der Waals surface area contributed by atoms with Gasteiger partial charge in [0.15, 0.2) is 0 Å². The number of aromatic nitrogens is 1. The molecule has 0 unspecified atom stereocenters. The molecule has 2 aromatic rings. The maximum Gasteiger partial charge on any atom is 0.130 e. The van der Waals surface area contributed by atoms with Crippen LogP contribution in [0.1, 0.15) is 18.2 Å². The third kappa shape index (κ3) is 4.54. The first-order valence-corrected chi connectivity index (χ1v) is 7.95. The maximum atomic E-state index is 5.73. The zero-order chi connectivity index (χ0) is 14.2. The molecule has 3 nitrogen and oxygen atoms in total. The lowest BCUT2D eigenvalue weighted by Gasteiger charge is -2.07. The summed E-state index contributed by atoms with van der Waals surface area (Å²) in [5, 5.41) is 3.28. The van der Waals surface area contributed by atoms with Gasteiger partial charge in [-0.1, -0.05) is 13.0 Å². The number of nitrogens with zero attached hydrogens (tertiary/aromatic N) is 1. The van der Waals surface area contributed by atoms with E-state index in [0.717, 1.165) is 24.5 Å². The van der Waals surface area contributed by atoms with E-state index in [2.05, 4.69) is 41.7 Å². The molecule has 2 rings (SSSR count). The standard InChI is InChI=1S/C16H20N2OS/c1-3-17-10-13-4-5-14(18-11-13)12-19-15-6-8-16(20-2)9-7-15/h4-9,11,17H,3,10,12H2,1-2H3. The van der Waals surface area contributed by atoms with E-state index in [1.807, 2.05) is 24.4 Å². The topological polar surface area (TPSA) is 34.1 Å². The molecule has 1 N–H and O–H groups in total. The Balaban J connectivity index is 1.86. The Morgan fingerprint density at radius 3 is 2.55 bits per heavy atom. The summed E-state index contributed by atoms with van der Waals surface area (Å²) in [4.78, 5) is 5.65. The summed E-state index contributed by atoms with van der Waals surface area (Å²) in [5.41, 5.74) is 2.14. The highest BCUT2D eigenvalue weighted by atomic mass is 32.2. The molecule has 4 heteroatoms. The third-order valence-electron chi connectivity index (χ3n) is 2.91. The van der Waals surface area contributed by atoms with Gasteiger partial charge in [-0.15, -0.1) is 11.8 Å². The van der Waals surface area contributed by atoms with Gasteiger partial charge in [-0.05, 0) is 48.7 Å². The van der Waals surface area contributed by atoms with Crippen molar-refractivity contribution in [3.8, 4) is 5.75 Å². The Morgan fingerprint density at radius 2 is 1.95 bits per heavy atom. The van der Waals surface area contributed by atoms with Crippen LogP contribution in [0.3, 0.4) is 0 Å². The van der Waals surface area contributed by atoms with Crippen molar-refractivity contribution < 1.29 is 4.74 Å². The predicted molar refractivity (Wildman–Crippen MR) is 84.2 cm³/mol. The molecule has 0 fully saturated rings. The minimum atomic E-state index is 0.500. The van der Waals surface area contributed by atoms with Crippen LogP contribution in [-0.2, 0) is 13.2 Å². The number of pyridine rings is 1. The fraction of sp³-hybridized carbons (Fsp3) is 0.312. The summed E-state index contributed by atoms with van der Waals surface area (Å²) in [6, 6.07) is 12.2. The number of benzene rings is 1. The highest BCUT2D eigenvalue weighted by Crippen LogP contribution is 2.19. The molecule has 0 saturated carbocycles. The molecule has 0 radical (unpaired) electrons. The SMILES string of the molecule is CCNCc1ccc(COc2ccc(SC)cc2)nc1. The molecule has 106 valence electrons. The van der Waals surface area contributed by atoms with Crippen LogP contribution < -0.4 is 10.1 Å². The number of nitrogens with one attached hydrogen (secondary N) is 1. The zero-order valence-corrected chi connectivity index (χ0v) is 12.7. The minimum Gasteiger partial charge on any atom is -0.487 e. The second-order valence-electron chi connectivity index (χ2n) is 4.40. The molecular weight excluding hydrogens is 268 g/mol. The third-order valence-corrected chi connectivity index (χ3v) is 3.65. The molecule has 0 spiro atoms. The van der Waals surface area contributed by atoms with Crippen molar-refractivity contribution in [2.75, 3.05) is 12.8 Å². The first kappa shape index (κ1) is 14.9. The van der Waals surface area contributed by atoms with Crippen LogP contribution in [0, 0.1) is 0 Å². The summed E-state index contributed by atoms with van der Waals surface area (Å²) >= 11 is 1.73. The largest absolute Gasteiger partial charge is 0.487 e. The Labute approximate surface area is 124 Å². The summed E-state index contributed by atoms with van der Waals surface area (Å²) < 4.78 is 5.73. The number of hydrogen-bond acceptors (Lipinski definition) is 4. The van der Waals surface area contributed by atoms with Crippen molar-refractivity contribution in [1.29, 1.82) is 0 Å². The molecule has 0 bridgehead atoms. The Morgan fingerprint density at radius 1 is 1.15 bits per heavy atom. The van der Waals surface area contributed by atoms with Crippen molar-refractivity contribution in [3.05, 3.63) is 53.9 Å². The molecule has 0 amide bonds. The number of rotatable bonds is 7. The normalized spacial score (nSPS) is 10.5. The summed E-state index contributed by atoms with van der Waals surface area (Å²) in [5.74, 6) is 0.876. The number of thioether (sulfide) groups is 1. The van der Waals surface area contributed by atoms with E-state index in [1.165, 1.54) is 10.5 Å². The van der Waals surface area contributed by atoms with Crippen LogP contribution in [0.5, 0.6) is 5.75 Å². The van der Waals surface area contributed by atoms with Gasteiger partial charge in [0.05, 0.1) is 5.69 Å². The Bertz CT molecular complexity index is 511. The number of hydrogen-bond donors (Lipinski definition) is 1. The maximum absolute atomic E-state index is 5.73. The van der Waals surface area contributed by atoms with Crippen molar-refractivity contribution in [2.45, 2.75) is 25.0 Å². The Hall–Kier alpha value is -1.52. The lowest BCUT2D eigenvalue weighted by Crippen LogP contribution is -2.12. The quantitative estimate of drug-likeness (QED) is 0.791. The van der Waals surface area contributed by atoms with Gasteiger partial charge < -0.3 is 10.1 Å². The summed E-state index contributed by atoms with van der Waals surface area (Å²) in [6.07, 6.45) is 3.97. The van der Waals surface area contributed by atoms with Crippen molar-refractivity contribution >= 4 is 11.8 Å². The molecule has 0 aliphatic rings. The molecule has 20 heavy (non-hydrogen) atoms. The highest BCUT2D eigenvalue weighted by Gasteiger charge is 1.99. The van der Waals surface area contributed by atoms with E-state index in [-0.39, 0.29) is 0 Å². The van der Waals surface area contributed by atoms with E-state index in [4.69, 9.17) is 4.74 Å². The smallest absolute Gasteiger partial charge is 0.130 e. The van der Waals surface area contributed by atoms with E-state index in [0.29, 0.717) is 6.61 Å². The fourth-order valence-electron chi connectivity index (χ4n) is 1.74.